The lowest BCUT2D eigenvalue weighted by Crippen LogP contribution is -3.14. The lowest BCUT2D eigenvalue weighted by atomic mass is 10.0. The summed E-state index contributed by atoms with van der Waals surface area (Å²) in [5, 5.41) is 2.96. The molecule has 2 heterocycles. The number of carbonyl (C=O) groups is 2. The summed E-state index contributed by atoms with van der Waals surface area (Å²) in [6.45, 7) is 11.2. The van der Waals surface area contributed by atoms with E-state index >= 15 is 0 Å². The second-order valence-electron chi connectivity index (χ2n) is 7.99. The SMILES string of the molecule is Cc1ccc2c(c1)N(CC(=O)NCCC[NH+]1CCOCC1)C(=O)[C@H](C(C)C)O2. The van der Waals surface area contributed by atoms with Gasteiger partial charge in [0.2, 0.25) is 5.91 Å². The summed E-state index contributed by atoms with van der Waals surface area (Å²) < 4.78 is 11.3. The maximum absolute atomic E-state index is 12.9. The van der Waals surface area contributed by atoms with Crippen LogP contribution in [0.5, 0.6) is 5.75 Å². The molecule has 3 rings (SSSR count). The van der Waals surface area contributed by atoms with E-state index in [2.05, 4.69) is 5.32 Å². The molecule has 1 aromatic carbocycles. The number of carbonyl (C=O) groups excluding carboxylic acids is 2. The van der Waals surface area contributed by atoms with E-state index in [1.54, 1.807) is 4.90 Å². The van der Waals surface area contributed by atoms with Crippen molar-refractivity contribution < 1.29 is 24.0 Å². The van der Waals surface area contributed by atoms with Gasteiger partial charge < -0.3 is 19.7 Å². The molecule has 0 aliphatic carbocycles. The van der Waals surface area contributed by atoms with Gasteiger partial charge in [-0.05, 0) is 30.5 Å². The molecule has 28 heavy (non-hydrogen) atoms. The molecule has 2 aliphatic heterocycles. The van der Waals surface area contributed by atoms with Crippen molar-refractivity contribution in [3.05, 3.63) is 23.8 Å². The molecule has 1 aromatic rings. The molecule has 2 N–H and O–H groups in total. The van der Waals surface area contributed by atoms with Crippen LogP contribution in [0.1, 0.15) is 25.8 Å². The number of hydrogen-bond donors (Lipinski definition) is 2. The van der Waals surface area contributed by atoms with Crippen molar-refractivity contribution >= 4 is 17.5 Å². The van der Waals surface area contributed by atoms with Gasteiger partial charge in [0.25, 0.3) is 5.91 Å². The van der Waals surface area contributed by atoms with Gasteiger partial charge in [-0.2, -0.15) is 0 Å². The molecule has 0 radical (unpaired) electrons. The molecule has 1 atom stereocenters. The van der Waals surface area contributed by atoms with E-state index in [9.17, 15) is 9.59 Å². The third-order valence-electron chi connectivity index (χ3n) is 5.30. The lowest BCUT2D eigenvalue weighted by molar-refractivity contribution is -0.908. The number of fused-ring (bicyclic) bond motifs is 1. The van der Waals surface area contributed by atoms with Crippen molar-refractivity contribution in [3.63, 3.8) is 0 Å². The highest BCUT2D eigenvalue weighted by Gasteiger charge is 2.37. The van der Waals surface area contributed by atoms with Gasteiger partial charge in [0.1, 0.15) is 25.4 Å². The summed E-state index contributed by atoms with van der Waals surface area (Å²) in [5.41, 5.74) is 1.70. The predicted molar refractivity (Wildman–Crippen MR) is 107 cm³/mol. The Morgan fingerprint density at radius 1 is 1.32 bits per heavy atom. The Kier molecular flexibility index (Phi) is 6.91. The van der Waals surface area contributed by atoms with Gasteiger partial charge >= 0.3 is 0 Å². The zero-order chi connectivity index (χ0) is 20.1. The highest BCUT2D eigenvalue weighted by Crippen LogP contribution is 2.36. The number of anilines is 1. The van der Waals surface area contributed by atoms with E-state index in [4.69, 9.17) is 9.47 Å². The van der Waals surface area contributed by atoms with Crippen LogP contribution in [0.25, 0.3) is 0 Å². The minimum atomic E-state index is -0.562. The van der Waals surface area contributed by atoms with Crippen LogP contribution >= 0.6 is 0 Å². The zero-order valence-electron chi connectivity index (χ0n) is 17.1. The second kappa shape index (κ2) is 9.39. The van der Waals surface area contributed by atoms with Crippen LogP contribution in [-0.4, -0.2) is 63.9 Å². The van der Waals surface area contributed by atoms with E-state index in [0.29, 0.717) is 18.0 Å². The monoisotopic (exact) mass is 390 g/mol. The van der Waals surface area contributed by atoms with Crippen LogP contribution in [0.4, 0.5) is 5.69 Å². The number of quaternary nitrogens is 1. The molecule has 0 spiro atoms. The Labute approximate surface area is 167 Å². The Morgan fingerprint density at radius 2 is 2.07 bits per heavy atom. The Hall–Kier alpha value is -2.12. The number of nitrogens with zero attached hydrogens (tertiary/aromatic N) is 1. The first-order valence-corrected chi connectivity index (χ1v) is 10.2. The standard InChI is InChI=1S/C21H31N3O4/c1-15(2)20-21(26)24(17-13-16(3)5-6-18(17)28-20)14-19(25)22-7-4-8-23-9-11-27-12-10-23/h5-6,13,15,20H,4,7-12,14H2,1-3H3,(H,22,25)/p+1/t20-/m0/s1. The quantitative estimate of drug-likeness (QED) is 0.651. The molecule has 0 unspecified atom stereocenters. The number of aryl methyl sites for hydroxylation is 1. The largest absolute Gasteiger partial charge is 0.478 e. The fraction of sp³-hybridized carbons (Fsp3) is 0.619. The molecular weight excluding hydrogens is 358 g/mol. The van der Waals surface area contributed by atoms with Crippen LogP contribution < -0.4 is 19.9 Å². The van der Waals surface area contributed by atoms with Crippen molar-refractivity contribution in [3.8, 4) is 5.75 Å². The van der Waals surface area contributed by atoms with Crippen LogP contribution in [0, 0.1) is 12.8 Å². The third-order valence-corrected chi connectivity index (χ3v) is 5.30. The number of amides is 2. The number of rotatable bonds is 7. The average Bonchev–Trinajstić information content (AvgIpc) is 2.68. The number of hydrogen-bond acceptors (Lipinski definition) is 4. The molecular formula is C21H32N3O4+. The Balaban J connectivity index is 1.57. The zero-order valence-corrected chi connectivity index (χ0v) is 17.1. The minimum absolute atomic E-state index is 0.0201. The van der Waals surface area contributed by atoms with Crippen molar-refractivity contribution in [2.45, 2.75) is 33.3 Å². The first kappa shape index (κ1) is 20.6. The summed E-state index contributed by atoms with van der Waals surface area (Å²) >= 11 is 0. The molecule has 7 heteroatoms. The molecule has 0 saturated carbocycles. The van der Waals surface area contributed by atoms with Gasteiger partial charge in [0.05, 0.1) is 25.4 Å². The predicted octanol–water partition coefficient (Wildman–Crippen LogP) is 0.166. The molecule has 0 bridgehead atoms. The fourth-order valence-electron chi connectivity index (χ4n) is 3.66. The molecule has 1 fully saturated rings. The first-order chi connectivity index (χ1) is 13.5. The molecule has 0 aromatic heterocycles. The van der Waals surface area contributed by atoms with Gasteiger partial charge in [-0.25, -0.2) is 0 Å². The summed E-state index contributed by atoms with van der Waals surface area (Å²) in [6, 6.07) is 5.74. The summed E-state index contributed by atoms with van der Waals surface area (Å²) in [7, 11) is 0. The fourth-order valence-corrected chi connectivity index (χ4v) is 3.66. The van der Waals surface area contributed by atoms with Gasteiger partial charge in [-0.3, -0.25) is 14.5 Å². The Morgan fingerprint density at radius 3 is 2.79 bits per heavy atom. The molecule has 154 valence electrons. The number of benzene rings is 1. The van der Waals surface area contributed by atoms with Crippen molar-refractivity contribution in [2.24, 2.45) is 5.92 Å². The molecule has 2 amide bonds. The smallest absolute Gasteiger partial charge is 0.268 e. The van der Waals surface area contributed by atoms with Crippen LogP contribution in [0.3, 0.4) is 0 Å². The highest BCUT2D eigenvalue weighted by molar-refractivity contribution is 6.04. The van der Waals surface area contributed by atoms with Crippen molar-refractivity contribution in [1.82, 2.24) is 5.32 Å². The lowest BCUT2D eigenvalue weighted by Gasteiger charge is -2.35. The van der Waals surface area contributed by atoms with E-state index in [1.165, 1.54) is 4.90 Å². The number of ether oxygens (including phenoxy) is 2. The normalized spacial score (nSPS) is 20.1. The number of morpholine rings is 1. The molecule has 1 saturated heterocycles. The minimum Gasteiger partial charge on any atom is -0.478 e. The molecule has 7 nitrogen and oxygen atoms in total. The topological polar surface area (TPSA) is 72.3 Å². The van der Waals surface area contributed by atoms with Crippen LogP contribution in [0.2, 0.25) is 0 Å². The van der Waals surface area contributed by atoms with Gasteiger partial charge in [0, 0.05) is 13.0 Å². The maximum Gasteiger partial charge on any atom is 0.268 e. The van der Waals surface area contributed by atoms with E-state index in [-0.39, 0.29) is 24.3 Å². The van der Waals surface area contributed by atoms with Crippen LogP contribution in [-0.2, 0) is 14.3 Å². The van der Waals surface area contributed by atoms with E-state index in [0.717, 1.165) is 44.8 Å². The van der Waals surface area contributed by atoms with Gasteiger partial charge in [-0.1, -0.05) is 19.9 Å². The third kappa shape index (κ3) is 5.02. The molecule has 2 aliphatic rings. The van der Waals surface area contributed by atoms with Crippen LogP contribution in [0.15, 0.2) is 18.2 Å². The summed E-state index contributed by atoms with van der Waals surface area (Å²) in [4.78, 5) is 28.5. The van der Waals surface area contributed by atoms with Crippen molar-refractivity contribution in [1.29, 1.82) is 0 Å². The maximum atomic E-state index is 12.9. The Bertz CT molecular complexity index is 701. The highest BCUT2D eigenvalue weighted by atomic mass is 16.5. The first-order valence-electron chi connectivity index (χ1n) is 10.2. The summed E-state index contributed by atoms with van der Waals surface area (Å²) in [6.07, 6.45) is 0.357. The number of nitrogens with one attached hydrogen (secondary N) is 2. The van der Waals surface area contributed by atoms with E-state index in [1.807, 2.05) is 39.0 Å². The average molecular weight is 391 g/mol. The van der Waals surface area contributed by atoms with Crippen molar-refractivity contribution in [2.75, 3.05) is 50.8 Å². The van der Waals surface area contributed by atoms with E-state index < -0.39 is 6.10 Å². The second-order valence-corrected chi connectivity index (χ2v) is 7.99. The van der Waals surface area contributed by atoms with Gasteiger partial charge in [0.15, 0.2) is 6.10 Å². The summed E-state index contributed by atoms with van der Waals surface area (Å²) in [5.74, 6) is 0.403. The van der Waals surface area contributed by atoms with Gasteiger partial charge in [-0.15, -0.1) is 0 Å².